The molecule has 1 fully saturated rings. The Bertz CT molecular complexity index is 782. The second kappa shape index (κ2) is 8.17. The van der Waals surface area contributed by atoms with Gasteiger partial charge in [0.25, 0.3) is 0 Å². The maximum atomic E-state index is 14.3. The van der Waals surface area contributed by atoms with Crippen LogP contribution in [0.25, 0.3) is 0 Å². The van der Waals surface area contributed by atoms with Crippen molar-refractivity contribution in [3.63, 3.8) is 0 Å². The lowest BCUT2D eigenvalue weighted by Gasteiger charge is -2.35. The summed E-state index contributed by atoms with van der Waals surface area (Å²) in [6.07, 6.45) is 1.53. The van der Waals surface area contributed by atoms with Gasteiger partial charge in [0.2, 0.25) is 11.8 Å². The summed E-state index contributed by atoms with van der Waals surface area (Å²) < 4.78 is 19.7. The van der Waals surface area contributed by atoms with Gasteiger partial charge in [-0.25, -0.2) is 4.39 Å². The highest BCUT2D eigenvalue weighted by molar-refractivity contribution is 5.83. The van der Waals surface area contributed by atoms with E-state index in [1.54, 1.807) is 37.2 Å². The Kier molecular flexibility index (Phi) is 5.89. The molecule has 2 heterocycles. The molecule has 7 heteroatoms. The van der Waals surface area contributed by atoms with Crippen LogP contribution in [0.3, 0.4) is 0 Å². The van der Waals surface area contributed by atoms with Gasteiger partial charge in [0, 0.05) is 30.5 Å². The molecule has 2 aromatic rings. The largest absolute Gasteiger partial charge is 0.341 e. The summed E-state index contributed by atoms with van der Waals surface area (Å²) in [4.78, 5) is 21.2. The number of carbonyl (C=O) groups excluding carboxylic acids is 1. The molecule has 27 heavy (non-hydrogen) atoms. The number of likely N-dealkylation sites (tertiary alicyclic amines) is 1. The van der Waals surface area contributed by atoms with E-state index in [-0.39, 0.29) is 23.6 Å². The Hall–Kier alpha value is -2.28. The van der Waals surface area contributed by atoms with Gasteiger partial charge >= 0.3 is 0 Å². The number of nitrogens with zero attached hydrogens (tertiary/aromatic N) is 4. The van der Waals surface area contributed by atoms with Gasteiger partial charge in [-0.05, 0) is 33.0 Å². The van der Waals surface area contributed by atoms with Crippen LogP contribution >= 0.6 is 0 Å². The number of rotatable bonds is 5. The van der Waals surface area contributed by atoms with Crippen LogP contribution in [-0.2, 0) is 4.79 Å². The smallest absolute Gasteiger partial charge is 0.244 e. The van der Waals surface area contributed by atoms with Gasteiger partial charge in [0.1, 0.15) is 11.9 Å². The summed E-state index contributed by atoms with van der Waals surface area (Å²) in [6.45, 7) is 5.25. The summed E-state index contributed by atoms with van der Waals surface area (Å²) in [7, 11) is 3.60. The lowest BCUT2D eigenvalue weighted by molar-refractivity contribution is -0.137. The summed E-state index contributed by atoms with van der Waals surface area (Å²) in [5, 5.41) is 4.03. The fraction of sp³-hybridized carbons (Fsp3) is 0.550. The second-order valence-corrected chi connectivity index (χ2v) is 7.63. The quantitative estimate of drug-likeness (QED) is 0.803. The molecule has 1 aromatic carbocycles. The third kappa shape index (κ3) is 4.18. The Labute approximate surface area is 159 Å². The van der Waals surface area contributed by atoms with Crippen molar-refractivity contribution in [3.8, 4) is 0 Å². The fourth-order valence-corrected chi connectivity index (χ4v) is 3.50. The van der Waals surface area contributed by atoms with Crippen molar-refractivity contribution in [1.82, 2.24) is 19.9 Å². The summed E-state index contributed by atoms with van der Waals surface area (Å²) in [5.41, 5.74) is 0.410. The second-order valence-electron chi connectivity index (χ2n) is 7.63. The van der Waals surface area contributed by atoms with E-state index in [0.717, 1.165) is 18.7 Å². The van der Waals surface area contributed by atoms with Gasteiger partial charge in [-0.3, -0.25) is 9.69 Å². The SMILES string of the molecule is CC(C)c1noc(C2CCN(C(=O)[C@H](c3ccccc3F)N(C)C)CC2)n1. The zero-order valence-electron chi connectivity index (χ0n) is 16.4. The first-order chi connectivity index (χ1) is 12.9. The third-order valence-electron chi connectivity index (χ3n) is 5.08. The fourth-order valence-electron chi connectivity index (χ4n) is 3.50. The van der Waals surface area contributed by atoms with Gasteiger partial charge in [-0.1, -0.05) is 37.2 Å². The van der Waals surface area contributed by atoms with Crippen LogP contribution in [-0.4, -0.2) is 53.0 Å². The minimum absolute atomic E-state index is 0.0723. The first-order valence-corrected chi connectivity index (χ1v) is 9.41. The van der Waals surface area contributed by atoms with E-state index in [2.05, 4.69) is 10.1 Å². The molecular formula is C20H27FN4O2. The van der Waals surface area contributed by atoms with Gasteiger partial charge in [0.15, 0.2) is 5.82 Å². The van der Waals surface area contributed by atoms with Crippen molar-refractivity contribution in [2.75, 3.05) is 27.2 Å². The lowest BCUT2D eigenvalue weighted by atomic mass is 9.95. The Balaban J connectivity index is 1.68. The van der Waals surface area contributed by atoms with E-state index < -0.39 is 6.04 Å². The number of piperidine rings is 1. The molecule has 146 valence electrons. The number of hydrogen-bond donors (Lipinski definition) is 0. The van der Waals surface area contributed by atoms with Gasteiger partial charge in [-0.2, -0.15) is 4.98 Å². The van der Waals surface area contributed by atoms with Crippen LogP contribution < -0.4 is 0 Å². The van der Waals surface area contributed by atoms with E-state index >= 15 is 0 Å². The van der Waals surface area contributed by atoms with E-state index in [4.69, 9.17) is 4.52 Å². The lowest BCUT2D eigenvalue weighted by Crippen LogP contribution is -2.44. The Morgan fingerprint density at radius 2 is 1.93 bits per heavy atom. The van der Waals surface area contributed by atoms with Crippen molar-refractivity contribution < 1.29 is 13.7 Å². The highest BCUT2D eigenvalue weighted by Gasteiger charge is 2.33. The first kappa shape index (κ1) is 19.5. The van der Waals surface area contributed by atoms with E-state index in [1.807, 2.05) is 18.7 Å². The van der Waals surface area contributed by atoms with Crippen molar-refractivity contribution in [1.29, 1.82) is 0 Å². The van der Waals surface area contributed by atoms with E-state index in [9.17, 15) is 9.18 Å². The molecule has 0 radical (unpaired) electrons. The van der Waals surface area contributed by atoms with Crippen LogP contribution in [0.1, 0.15) is 61.8 Å². The maximum absolute atomic E-state index is 14.3. The summed E-state index contributed by atoms with van der Waals surface area (Å²) in [6, 6.07) is 5.84. The molecule has 1 saturated heterocycles. The number of benzene rings is 1. The van der Waals surface area contributed by atoms with Gasteiger partial charge in [-0.15, -0.1) is 0 Å². The molecule has 1 atom stereocenters. The molecule has 0 aliphatic carbocycles. The molecule has 1 aromatic heterocycles. The van der Waals surface area contributed by atoms with Crippen molar-refractivity contribution >= 4 is 5.91 Å². The molecule has 0 spiro atoms. The normalized spacial score (nSPS) is 16.9. The zero-order chi connectivity index (χ0) is 19.6. The molecular weight excluding hydrogens is 347 g/mol. The predicted molar refractivity (Wildman–Crippen MR) is 99.8 cm³/mol. The minimum atomic E-state index is -0.626. The van der Waals surface area contributed by atoms with E-state index in [1.165, 1.54) is 6.07 Å². The van der Waals surface area contributed by atoms with Crippen molar-refractivity contribution in [3.05, 3.63) is 47.4 Å². The molecule has 3 rings (SSSR count). The van der Waals surface area contributed by atoms with Crippen LogP contribution in [0.2, 0.25) is 0 Å². The molecule has 6 nitrogen and oxygen atoms in total. The third-order valence-corrected chi connectivity index (χ3v) is 5.08. The standard InChI is InChI=1S/C20H27FN4O2/c1-13(2)18-22-19(27-23-18)14-9-11-25(12-10-14)20(26)17(24(3)4)15-7-5-6-8-16(15)21/h5-8,13-14,17H,9-12H2,1-4H3/t17-/m0/s1. The maximum Gasteiger partial charge on any atom is 0.244 e. The highest BCUT2D eigenvalue weighted by Crippen LogP contribution is 2.30. The predicted octanol–water partition coefficient (Wildman–Crippen LogP) is 3.34. The molecule has 1 aliphatic heterocycles. The number of amides is 1. The van der Waals surface area contributed by atoms with Crippen molar-refractivity contribution in [2.45, 2.75) is 44.6 Å². The molecule has 0 saturated carbocycles. The molecule has 0 N–H and O–H groups in total. The van der Waals surface area contributed by atoms with Crippen molar-refractivity contribution in [2.24, 2.45) is 0 Å². The van der Waals surface area contributed by atoms with Crippen LogP contribution in [0.15, 0.2) is 28.8 Å². The first-order valence-electron chi connectivity index (χ1n) is 9.41. The topological polar surface area (TPSA) is 62.5 Å². The average molecular weight is 374 g/mol. The average Bonchev–Trinajstić information content (AvgIpc) is 3.14. The molecule has 1 amide bonds. The summed E-state index contributed by atoms with van der Waals surface area (Å²) in [5.74, 6) is 1.34. The number of likely N-dealkylation sites (N-methyl/N-ethyl adjacent to an activating group) is 1. The molecule has 0 bridgehead atoms. The van der Waals surface area contributed by atoms with E-state index in [0.29, 0.717) is 24.5 Å². The Morgan fingerprint density at radius 1 is 1.26 bits per heavy atom. The Morgan fingerprint density at radius 3 is 2.48 bits per heavy atom. The van der Waals surface area contributed by atoms with Crippen LogP contribution in [0, 0.1) is 5.82 Å². The van der Waals surface area contributed by atoms with Gasteiger partial charge in [0.05, 0.1) is 0 Å². The minimum Gasteiger partial charge on any atom is -0.341 e. The van der Waals surface area contributed by atoms with Crippen LogP contribution in [0.4, 0.5) is 4.39 Å². The van der Waals surface area contributed by atoms with Crippen LogP contribution in [0.5, 0.6) is 0 Å². The molecule has 0 unspecified atom stereocenters. The number of hydrogen-bond acceptors (Lipinski definition) is 5. The molecule has 1 aliphatic rings. The monoisotopic (exact) mass is 374 g/mol. The zero-order valence-corrected chi connectivity index (χ0v) is 16.4. The highest BCUT2D eigenvalue weighted by atomic mass is 19.1. The summed E-state index contributed by atoms with van der Waals surface area (Å²) >= 11 is 0. The number of halogens is 1. The number of aromatic nitrogens is 2. The number of carbonyl (C=O) groups is 1. The van der Waals surface area contributed by atoms with Gasteiger partial charge < -0.3 is 9.42 Å².